The quantitative estimate of drug-likeness (QED) is 0.611. The summed E-state index contributed by atoms with van der Waals surface area (Å²) in [6, 6.07) is 8.64. The minimum Gasteiger partial charge on any atom is -0.345 e. The fraction of sp³-hybridized carbons (Fsp3) is 0.300. The number of aromatic amines is 1. The number of nitrogens with one attached hydrogen (secondary N) is 3. The molecule has 0 amide bonds. The SMILES string of the molecule is C=C([C@@H]1CC[C@H](NS(=O)(=O)c2cccc(C)c2)C1)n1c(=N)cnc2[nH]ccc21.[HH].[HH]. The highest BCUT2D eigenvalue weighted by molar-refractivity contribution is 7.89. The normalized spacial score (nSPS) is 19.9. The van der Waals surface area contributed by atoms with Crippen molar-refractivity contribution in [3.63, 3.8) is 0 Å². The van der Waals surface area contributed by atoms with Crippen molar-refractivity contribution < 1.29 is 11.3 Å². The third kappa shape index (κ3) is 3.41. The Labute approximate surface area is 166 Å². The number of sulfonamides is 1. The van der Waals surface area contributed by atoms with E-state index < -0.39 is 10.0 Å². The van der Waals surface area contributed by atoms with Crippen molar-refractivity contribution in [3.05, 3.63) is 60.4 Å². The van der Waals surface area contributed by atoms with E-state index >= 15 is 0 Å². The lowest BCUT2D eigenvalue weighted by Crippen LogP contribution is -2.33. The number of aromatic nitrogens is 3. The van der Waals surface area contributed by atoms with Gasteiger partial charge in [0.05, 0.1) is 16.6 Å². The standard InChI is InChI=1S/C20H23N5O2S.2H2/c1-13-4-3-5-17(10-13)28(26,27)24-16-7-6-15(11-16)14(2)25-18-8-9-22-20(18)23-12-19(25)21;;/h3-5,8-10,12,15-16,21-22,24H,2,6-7,11H2,1H3;2*1H/t15-,16+;;/m1../s1. The number of aryl methyl sites for hydroxylation is 1. The van der Waals surface area contributed by atoms with Crippen LogP contribution in [0, 0.1) is 18.3 Å². The van der Waals surface area contributed by atoms with Crippen LogP contribution in [0.3, 0.4) is 0 Å². The van der Waals surface area contributed by atoms with Gasteiger partial charge in [-0.05, 0) is 49.9 Å². The Morgan fingerprint density at radius 2 is 2.21 bits per heavy atom. The number of hydrogen-bond acceptors (Lipinski definition) is 4. The topological polar surface area (TPSA) is 104 Å². The molecule has 0 unspecified atom stereocenters. The van der Waals surface area contributed by atoms with E-state index in [1.54, 1.807) is 29.0 Å². The van der Waals surface area contributed by atoms with Crippen LogP contribution in [0.2, 0.25) is 0 Å². The molecule has 1 aliphatic rings. The molecule has 1 fully saturated rings. The van der Waals surface area contributed by atoms with Gasteiger partial charge in [0.1, 0.15) is 5.49 Å². The Morgan fingerprint density at radius 1 is 1.39 bits per heavy atom. The van der Waals surface area contributed by atoms with Crippen LogP contribution in [-0.4, -0.2) is 29.0 Å². The molecular formula is C20H27N5O2S. The van der Waals surface area contributed by atoms with Gasteiger partial charge >= 0.3 is 0 Å². The van der Waals surface area contributed by atoms with Crippen molar-refractivity contribution in [1.82, 2.24) is 19.3 Å². The largest absolute Gasteiger partial charge is 0.345 e. The Morgan fingerprint density at radius 3 is 3.00 bits per heavy atom. The number of allylic oxidation sites excluding steroid dienone is 1. The van der Waals surface area contributed by atoms with E-state index in [1.165, 1.54) is 6.20 Å². The predicted octanol–water partition coefficient (Wildman–Crippen LogP) is 3.26. The summed E-state index contributed by atoms with van der Waals surface area (Å²) in [6.45, 7) is 6.10. The summed E-state index contributed by atoms with van der Waals surface area (Å²) in [4.78, 5) is 7.56. The summed E-state index contributed by atoms with van der Waals surface area (Å²) in [5.74, 6) is 0.0970. The molecule has 2 atom stereocenters. The van der Waals surface area contributed by atoms with Crippen molar-refractivity contribution in [2.24, 2.45) is 5.92 Å². The average Bonchev–Trinajstić information content (AvgIpc) is 3.30. The van der Waals surface area contributed by atoms with Gasteiger partial charge in [-0.2, -0.15) is 0 Å². The van der Waals surface area contributed by atoms with Crippen molar-refractivity contribution >= 4 is 26.9 Å². The number of nitrogens with zero attached hydrogens (tertiary/aromatic N) is 2. The zero-order chi connectivity index (χ0) is 19.9. The molecule has 2 heterocycles. The highest BCUT2D eigenvalue weighted by atomic mass is 32.2. The summed E-state index contributed by atoms with van der Waals surface area (Å²) >= 11 is 0. The van der Waals surface area contributed by atoms with Gasteiger partial charge in [0.15, 0.2) is 5.65 Å². The first-order valence-corrected chi connectivity index (χ1v) is 10.7. The molecule has 28 heavy (non-hydrogen) atoms. The highest BCUT2D eigenvalue weighted by Crippen LogP contribution is 2.34. The lowest BCUT2D eigenvalue weighted by Gasteiger charge is -2.18. The molecule has 0 spiro atoms. The van der Waals surface area contributed by atoms with Crippen LogP contribution in [0.4, 0.5) is 0 Å². The van der Waals surface area contributed by atoms with Gasteiger partial charge in [0.25, 0.3) is 0 Å². The van der Waals surface area contributed by atoms with Gasteiger partial charge in [0.2, 0.25) is 10.0 Å². The van der Waals surface area contributed by atoms with Gasteiger partial charge in [0, 0.05) is 26.7 Å². The summed E-state index contributed by atoms with van der Waals surface area (Å²) in [6.07, 6.45) is 5.50. The fourth-order valence-corrected chi connectivity index (χ4v) is 5.29. The number of fused-ring (bicyclic) bond motifs is 1. The average molecular weight is 402 g/mol. The Balaban J connectivity index is 0.00000160. The summed E-state index contributed by atoms with van der Waals surface area (Å²) < 4.78 is 30.0. The monoisotopic (exact) mass is 401 g/mol. The molecule has 150 valence electrons. The fourth-order valence-electron chi connectivity index (χ4n) is 3.90. The summed E-state index contributed by atoms with van der Waals surface area (Å²) in [5.41, 5.74) is 3.48. The lowest BCUT2D eigenvalue weighted by atomic mass is 10.0. The van der Waals surface area contributed by atoms with E-state index in [4.69, 9.17) is 5.41 Å². The van der Waals surface area contributed by atoms with Crippen LogP contribution in [0.1, 0.15) is 27.7 Å². The molecule has 2 aromatic heterocycles. The van der Waals surface area contributed by atoms with E-state index in [-0.39, 0.29) is 20.3 Å². The van der Waals surface area contributed by atoms with Gasteiger partial charge < -0.3 is 4.98 Å². The van der Waals surface area contributed by atoms with Crippen LogP contribution in [-0.2, 0) is 10.0 Å². The highest BCUT2D eigenvalue weighted by Gasteiger charge is 2.31. The van der Waals surface area contributed by atoms with Crippen LogP contribution in [0.5, 0.6) is 0 Å². The van der Waals surface area contributed by atoms with Gasteiger partial charge in [-0.1, -0.05) is 18.7 Å². The smallest absolute Gasteiger partial charge is 0.240 e. The molecule has 0 radical (unpaired) electrons. The first-order valence-electron chi connectivity index (χ1n) is 9.23. The zero-order valence-corrected chi connectivity index (χ0v) is 16.5. The molecule has 1 saturated carbocycles. The van der Waals surface area contributed by atoms with Crippen LogP contribution in [0.25, 0.3) is 16.9 Å². The maximum Gasteiger partial charge on any atom is 0.240 e. The van der Waals surface area contributed by atoms with Gasteiger partial charge in [-0.15, -0.1) is 0 Å². The molecule has 1 aliphatic carbocycles. The molecule has 4 rings (SSSR count). The van der Waals surface area contributed by atoms with E-state index in [0.29, 0.717) is 17.0 Å². The lowest BCUT2D eigenvalue weighted by molar-refractivity contribution is 0.546. The zero-order valence-electron chi connectivity index (χ0n) is 15.6. The Hall–Kier alpha value is -2.71. The van der Waals surface area contributed by atoms with E-state index in [9.17, 15) is 8.42 Å². The Kier molecular flexibility index (Phi) is 4.68. The third-order valence-corrected chi connectivity index (χ3v) is 6.83. The number of rotatable bonds is 5. The second kappa shape index (κ2) is 7.03. The minimum absolute atomic E-state index is 0. The number of benzene rings is 1. The van der Waals surface area contributed by atoms with Crippen molar-refractivity contribution in [2.75, 3.05) is 0 Å². The van der Waals surface area contributed by atoms with E-state index in [0.717, 1.165) is 29.6 Å². The third-order valence-electron chi connectivity index (χ3n) is 5.31. The first-order chi connectivity index (χ1) is 13.3. The van der Waals surface area contributed by atoms with Crippen LogP contribution >= 0.6 is 0 Å². The van der Waals surface area contributed by atoms with Crippen molar-refractivity contribution in [1.29, 1.82) is 5.41 Å². The summed E-state index contributed by atoms with van der Waals surface area (Å²) in [7, 11) is -3.55. The molecule has 0 bridgehead atoms. The molecule has 3 N–H and O–H groups in total. The van der Waals surface area contributed by atoms with E-state index in [2.05, 4.69) is 21.3 Å². The first kappa shape index (κ1) is 18.6. The second-order valence-electron chi connectivity index (χ2n) is 7.33. The summed E-state index contributed by atoms with van der Waals surface area (Å²) in [5, 5.41) is 8.23. The number of H-pyrrole nitrogens is 1. The molecule has 7 nitrogen and oxygen atoms in total. The maximum absolute atomic E-state index is 12.7. The maximum atomic E-state index is 12.7. The van der Waals surface area contributed by atoms with Crippen LogP contribution in [0.15, 0.2) is 54.2 Å². The molecule has 8 heteroatoms. The van der Waals surface area contributed by atoms with Gasteiger partial charge in [-0.3, -0.25) is 9.98 Å². The molecule has 0 aliphatic heterocycles. The van der Waals surface area contributed by atoms with Gasteiger partial charge in [-0.25, -0.2) is 18.1 Å². The predicted molar refractivity (Wildman–Crippen MR) is 112 cm³/mol. The molecule has 1 aromatic carbocycles. The molecule has 0 saturated heterocycles. The second-order valence-corrected chi connectivity index (χ2v) is 9.04. The molecule has 3 aromatic rings. The van der Waals surface area contributed by atoms with E-state index in [1.807, 2.05) is 19.1 Å². The van der Waals surface area contributed by atoms with Crippen molar-refractivity contribution in [2.45, 2.75) is 37.1 Å². The molecular weight excluding hydrogens is 374 g/mol. The Bertz CT molecular complexity index is 1220. The minimum atomic E-state index is -3.55. The van der Waals surface area contributed by atoms with Crippen molar-refractivity contribution in [3.8, 4) is 0 Å². The van der Waals surface area contributed by atoms with Crippen LogP contribution < -0.4 is 10.2 Å². The number of hydrogen-bond donors (Lipinski definition) is 3.